The Balaban J connectivity index is 2.86. The van der Waals surface area contributed by atoms with E-state index in [1.54, 1.807) is 12.1 Å². The summed E-state index contributed by atoms with van der Waals surface area (Å²) in [6.07, 6.45) is 0. The number of nitrogen functional groups attached to an aromatic ring is 1. The number of nitrogens with zero attached hydrogens (tertiary/aromatic N) is 1. The molecule has 0 atom stereocenters. The van der Waals surface area contributed by atoms with E-state index in [0.29, 0.717) is 17.8 Å². The number of rotatable bonds is 5. The number of nitrogens with one attached hydrogen (secondary N) is 1. The van der Waals surface area contributed by atoms with Gasteiger partial charge in [0, 0.05) is 18.3 Å². The fraction of sp³-hybridized carbons (Fsp3) is 0.467. The summed E-state index contributed by atoms with van der Waals surface area (Å²) in [7, 11) is 0. The highest BCUT2D eigenvalue weighted by molar-refractivity contribution is 6.00. The number of aryl methyl sites for hydroxylation is 1. The van der Waals surface area contributed by atoms with Gasteiger partial charge in [-0.3, -0.25) is 9.59 Å². The van der Waals surface area contributed by atoms with E-state index in [9.17, 15) is 9.59 Å². The van der Waals surface area contributed by atoms with E-state index in [2.05, 4.69) is 5.32 Å². The monoisotopic (exact) mass is 277 g/mol. The van der Waals surface area contributed by atoms with E-state index in [1.807, 2.05) is 33.8 Å². The first-order valence-corrected chi connectivity index (χ1v) is 6.80. The molecular weight excluding hydrogens is 254 g/mol. The number of hydrogen-bond donors (Lipinski definition) is 2. The zero-order valence-corrected chi connectivity index (χ0v) is 12.6. The number of likely N-dealkylation sites (N-methyl/N-ethyl adjacent to an activating group) is 1. The van der Waals surface area contributed by atoms with Gasteiger partial charge in [0.2, 0.25) is 5.91 Å². The van der Waals surface area contributed by atoms with Crippen LogP contribution >= 0.6 is 0 Å². The van der Waals surface area contributed by atoms with E-state index >= 15 is 0 Å². The first-order chi connectivity index (χ1) is 9.35. The molecule has 0 saturated carbocycles. The Morgan fingerprint density at radius 2 is 2.00 bits per heavy atom. The van der Waals surface area contributed by atoms with Crippen molar-refractivity contribution in [3.05, 3.63) is 29.3 Å². The Morgan fingerprint density at radius 1 is 1.35 bits per heavy atom. The van der Waals surface area contributed by atoms with Gasteiger partial charge in [-0.2, -0.15) is 0 Å². The molecule has 5 heteroatoms. The van der Waals surface area contributed by atoms with Crippen LogP contribution in [0, 0.1) is 6.92 Å². The molecule has 0 unspecified atom stereocenters. The van der Waals surface area contributed by atoms with E-state index in [4.69, 9.17) is 5.73 Å². The van der Waals surface area contributed by atoms with E-state index in [1.165, 1.54) is 4.90 Å². The van der Waals surface area contributed by atoms with Crippen LogP contribution in [0.1, 0.15) is 36.7 Å². The minimum atomic E-state index is -0.215. The molecule has 3 N–H and O–H groups in total. The third-order valence-corrected chi connectivity index (χ3v) is 2.89. The fourth-order valence-corrected chi connectivity index (χ4v) is 1.89. The SMILES string of the molecule is CCN(CC(=O)NC(C)C)C(=O)c1cc(C)ccc1N. The van der Waals surface area contributed by atoms with Crippen molar-refractivity contribution in [3.63, 3.8) is 0 Å². The molecule has 110 valence electrons. The zero-order valence-electron chi connectivity index (χ0n) is 12.6. The van der Waals surface area contributed by atoms with E-state index in [-0.39, 0.29) is 24.4 Å². The quantitative estimate of drug-likeness (QED) is 0.802. The van der Waals surface area contributed by atoms with Crippen LogP contribution in [0.3, 0.4) is 0 Å². The molecule has 1 aromatic rings. The van der Waals surface area contributed by atoms with Crippen molar-refractivity contribution in [2.75, 3.05) is 18.8 Å². The highest BCUT2D eigenvalue weighted by Gasteiger charge is 2.19. The lowest BCUT2D eigenvalue weighted by Crippen LogP contribution is -2.42. The molecule has 20 heavy (non-hydrogen) atoms. The van der Waals surface area contributed by atoms with Gasteiger partial charge >= 0.3 is 0 Å². The van der Waals surface area contributed by atoms with Crippen LogP contribution in [0.4, 0.5) is 5.69 Å². The lowest BCUT2D eigenvalue weighted by atomic mass is 10.1. The van der Waals surface area contributed by atoms with Crippen molar-refractivity contribution >= 4 is 17.5 Å². The van der Waals surface area contributed by atoms with Gasteiger partial charge in [-0.15, -0.1) is 0 Å². The maximum Gasteiger partial charge on any atom is 0.256 e. The molecule has 0 aliphatic carbocycles. The Bertz CT molecular complexity index is 498. The maximum absolute atomic E-state index is 12.4. The summed E-state index contributed by atoms with van der Waals surface area (Å²) >= 11 is 0. The Labute approximate surface area is 120 Å². The van der Waals surface area contributed by atoms with Crippen molar-refractivity contribution in [1.29, 1.82) is 0 Å². The summed E-state index contributed by atoms with van der Waals surface area (Å²) in [5, 5.41) is 2.78. The highest BCUT2D eigenvalue weighted by atomic mass is 16.2. The van der Waals surface area contributed by atoms with Gasteiger partial charge in [0.05, 0.1) is 12.1 Å². The Morgan fingerprint density at radius 3 is 2.55 bits per heavy atom. The Kier molecular flexibility index (Phi) is 5.55. The van der Waals surface area contributed by atoms with Crippen LogP contribution in [0.25, 0.3) is 0 Å². The summed E-state index contributed by atoms with van der Waals surface area (Å²) in [5.74, 6) is -0.381. The molecule has 1 rings (SSSR count). The van der Waals surface area contributed by atoms with Crippen LogP contribution in [-0.2, 0) is 4.79 Å². The van der Waals surface area contributed by atoms with Gasteiger partial charge in [0.25, 0.3) is 5.91 Å². The molecule has 0 aliphatic rings. The molecule has 0 fully saturated rings. The van der Waals surface area contributed by atoms with Crippen LogP contribution in [0.5, 0.6) is 0 Å². The molecule has 0 radical (unpaired) electrons. The van der Waals surface area contributed by atoms with Gasteiger partial charge in [-0.05, 0) is 39.8 Å². The van der Waals surface area contributed by atoms with Crippen LogP contribution < -0.4 is 11.1 Å². The molecule has 0 spiro atoms. The molecular formula is C15H23N3O2. The van der Waals surface area contributed by atoms with Gasteiger partial charge in [-0.25, -0.2) is 0 Å². The van der Waals surface area contributed by atoms with Crippen molar-refractivity contribution in [2.45, 2.75) is 33.7 Å². The number of amides is 2. The zero-order chi connectivity index (χ0) is 15.3. The first kappa shape index (κ1) is 16.0. The van der Waals surface area contributed by atoms with Gasteiger partial charge in [0.15, 0.2) is 0 Å². The molecule has 5 nitrogen and oxygen atoms in total. The predicted octanol–water partition coefficient (Wildman–Crippen LogP) is 1.56. The number of anilines is 1. The molecule has 0 aliphatic heterocycles. The van der Waals surface area contributed by atoms with Crippen LogP contribution in [-0.4, -0.2) is 35.8 Å². The minimum absolute atomic E-state index is 0.0426. The largest absolute Gasteiger partial charge is 0.398 e. The number of nitrogens with two attached hydrogens (primary N) is 1. The van der Waals surface area contributed by atoms with Gasteiger partial charge in [-0.1, -0.05) is 11.6 Å². The number of carbonyl (C=O) groups excluding carboxylic acids is 2. The summed E-state index contributed by atoms with van der Waals surface area (Å²) in [6, 6.07) is 5.37. The van der Waals surface area contributed by atoms with Crippen LogP contribution in [0.15, 0.2) is 18.2 Å². The molecule has 2 amide bonds. The van der Waals surface area contributed by atoms with Gasteiger partial charge < -0.3 is 16.0 Å². The summed E-state index contributed by atoms with van der Waals surface area (Å²) in [4.78, 5) is 25.7. The van der Waals surface area contributed by atoms with Crippen molar-refractivity contribution in [1.82, 2.24) is 10.2 Å². The lowest BCUT2D eigenvalue weighted by molar-refractivity contribution is -0.122. The van der Waals surface area contributed by atoms with Crippen molar-refractivity contribution < 1.29 is 9.59 Å². The normalized spacial score (nSPS) is 10.4. The first-order valence-electron chi connectivity index (χ1n) is 6.80. The third kappa shape index (κ3) is 4.26. The second-order valence-electron chi connectivity index (χ2n) is 5.13. The van der Waals surface area contributed by atoms with Crippen molar-refractivity contribution in [3.8, 4) is 0 Å². The number of carbonyl (C=O) groups is 2. The average molecular weight is 277 g/mol. The molecule has 0 saturated heterocycles. The smallest absolute Gasteiger partial charge is 0.256 e. The summed E-state index contributed by atoms with van der Waals surface area (Å²) in [6.45, 7) is 8.01. The second-order valence-corrected chi connectivity index (χ2v) is 5.13. The fourth-order valence-electron chi connectivity index (χ4n) is 1.89. The van der Waals surface area contributed by atoms with E-state index < -0.39 is 0 Å². The number of hydrogen-bond acceptors (Lipinski definition) is 3. The molecule has 0 bridgehead atoms. The minimum Gasteiger partial charge on any atom is -0.398 e. The molecule has 0 aromatic heterocycles. The topological polar surface area (TPSA) is 75.4 Å². The third-order valence-electron chi connectivity index (χ3n) is 2.89. The second kappa shape index (κ2) is 6.93. The average Bonchev–Trinajstić information content (AvgIpc) is 2.37. The standard InChI is InChI=1S/C15H23N3O2/c1-5-18(9-14(19)17-10(2)3)15(20)12-8-11(4)6-7-13(12)16/h6-8,10H,5,9,16H2,1-4H3,(H,17,19). The summed E-state index contributed by atoms with van der Waals surface area (Å²) < 4.78 is 0. The number of benzene rings is 1. The maximum atomic E-state index is 12.4. The lowest BCUT2D eigenvalue weighted by Gasteiger charge is -2.22. The molecule has 1 aromatic carbocycles. The van der Waals surface area contributed by atoms with E-state index in [0.717, 1.165) is 5.56 Å². The van der Waals surface area contributed by atoms with Crippen molar-refractivity contribution in [2.24, 2.45) is 0 Å². The van der Waals surface area contributed by atoms with Crippen LogP contribution in [0.2, 0.25) is 0 Å². The van der Waals surface area contributed by atoms with Gasteiger partial charge in [0.1, 0.15) is 0 Å². The Hall–Kier alpha value is -2.04. The summed E-state index contributed by atoms with van der Waals surface area (Å²) in [5.41, 5.74) is 7.69. The predicted molar refractivity (Wildman–Crippen MR) is 80.4 cm³/mol. The molecule has 0 heterocycles. The highest BCUT2D eigenvalue weighted by Crippen LogP contribution is 2.16.